The summed E-state index contributed by atoms with van der Waals surface area (Å²) in [5.74, 6) is 0.232. The predicted molar refractivity (Wildman–Crippen MR) is 67.1 cm³/mol. The van der Waals surface area contributed by atoms with Crippen molar-refractivity contribution in [2.45, 2.75) is 13.3 Å². The Morgan fingerprint density at radius 1 is 1.65 bits per heavy atom. The average Bonchev–Trinajstić information content (AvgIpc) is 2.30. The number of carbonyl (C=O) groups excluding carboxylic acids is 1. The van der Waals surface area contributed by atoms with Gasteiger partial charge in [0.1, 0.15) is 0 Å². The molecular formula is C11H16ClN3O2. The topological polar surface area (TPSA) is 74.2 Å². The van der Waals surface area contributed by atoms with E-state index in [0.717, 1.165) is 0 Å². The first-order chi connectivity index (χ1) is 8.13. The summed E-state index contributed by atoms with van der Waals surface area (Å²) in [7, 11) is 0. The molecule has 17 heavy (non-hydrogen) atoms. The number of aromatic nitrogens is 1. The number of hydrogen-bond donors (Lipinski definition) is 3. The molecule has 6 heteroatoms. The second-order valence-corrected chi connectivity index (χ2v) is 4.15. The Kier molecular flexibility index (Phi) is 5.72. The SMILES string of the molecule is CC(CCO)CNC(=O)Nc1cccnc1Cl. The van der Waals surface area contributed by atoms with E-state index in [1.54, 1.807) is 18.3 Å². The van der Waals surface area contributed by atoms with Crippen molar-refractivity contribution >= 4 is 23.3 Å². The van der Waals surface area contributed by atoms with Crippen LogP contribution in [0.5, 0.6) is 0 Å². The predicted octanol–water partition coefficient (Wildman–Crippen LogP) is 1.88. The fraction of sp³-hybridized carbons (Fsp3) is 0.455. The Balaban J connectivity index is 2.37. The quantitative estimate of drug-likeness (QED) is 0.705. The van der Waals surface area contributed by atoms with Crippen molar-refractivity contribution in [1.82, 2.24) is 10.3 Å². The van der Waals surface area contributed by atoms with E-state index in [9.17, 15) is 4.79 Å². The third-order valence-electron chi connectivity index (χ3n) is 2.24. The van der Waals surface area contributed by atoms with Crippen molar-refractivity contribution in [2.75, 3.05) is 18.5 Å². The molecule has 0 aliphatic rings. The van der Waals surface area contributed by atoms with Crippen molar-refractivity contribution in [2.24, 2.45) is 5.92 Å². The van der Waals surface area contributed by atoms with Gasteiger partial charge in [-0.2, -0.15) is 0 Å². The Morgan fingerprint density at radius 2 is 2.41 bits per heavy atom. The van der Waals surface area contributed by atoms with Crippen LogP contribution in [0.3, 0.4) is 0 Å². The highest BCUT2D eigenvalue weighted by Crippen LogP contribution is 2.16. The zero-order chi connectivity index (χ0) is 12.7. The molecule has 1 aromatic rings. The van der Waals surface area contributed by atoms with E-state index in [4.69, 9.17) is 16.7 Å². The molecule has 1 unspecified atom stereocenters. The van der Waals surface area contributed by atoms with Crippen molar-refractivity contribution in [3.8, 4) is 0 Å². The van der Waals surface area contributed by atoms with Crippen molar-refractivity contribution in [3.05, 3.63) is 23.5 Å². The molecule has 1 atom stereocenters. The summed E-state index contributed by atoms with van der Waals surface area (Å²) in [5, 5.41) is 14.3. The van der Waals surface area contributed by atoms with Gasteiger partial charge < -0.3 is 15.7 Å². The number of nitrogens with zero attached hydrogens (tertiary/aromatic N) is 1. The molecule has 0 aliphatic carbocycles. The van der Waals surface area contributed by atoms with Gasteiger partial charge in [-0.3, -0.25) is 0 Å². The molecule has 5 nitrogen and oxygen atoms in total. The summed E-state index contributed by atoms with van der Waals surface area (Å²) < 4.78 is 0. The number of rotatable bonds is 5. The van der Waals surface area contributed by atoms with E-state index in [1.807, 2.05) is 6.92 Å². The lowest BCUT2D eigenvalue weighted by atomic mass is 10.1. The van der Waals surface area contributed by atoms with Crippen molar-refractivity contribution in [3.63, 3.8) is 0 Å². The fourth-order valence-electron chi connectivity index (χ4n) is 1.24. The van der Waals surface area contributed by atoms with E-state index in [-0.39, 0.29) is 23.7 Å². The average molecular weight is 258 g/mol. The van der Waals surface area contributed by atoms with E-state index >= 15 is 0 Å². The summed E-state index contributed by atoms with van der Waals surface area (Å²) in [6.07, 6.45) is 2.21. The third kappa shape index (κ3) is 5.01. The molecular weight excluding hydrogens is 242 g/mol. The summed E-state index contributed by atoms with van der Waals surface area (Å²) in [4.78, 5) is 15.3. The fourth-order valence-corrected chi connectivity index (χ4v) is 1.40. The van der Waals surface area contributed by atoms with Gasteiger partial charge >= 0.3 is 6.03 Å². The molecule has 0 fully saturated rings. The van der Waals surface area contributed by atoms with Crippen molar-refractivity contribution < 1.29 is 9.90 Å². The molecule has 2 amide bonds. The van der Waals surface area contributed by atoms with Crippen LogP contribution in [0, 0.1) is 5.92 Å². The maximum Gasteiger partial charge on any atom is 0.319 e. The lowest BCUT2D eigenvalue weighted by Gasteiger charge is -2.12. The van der Waals surface area contributed by atoms with Gasteiger partial charge in [0.2, 0.25) is 0 Å². The van der Waals surface area contributed by atoms with Gasteiger partial charge in [0.25, 0.3) is 0 Å². The highest BCUT2D eigenvalue weighted by molar-refractivity contribution is 6.32. The Labute approximate surface area is 105 Å². The van der Waals surface area contributed by atoms with Gasteiger partial charge in [-0.1, -0.05) is 18.5 Å². The first-order valence-electron chi connectivity index (χ1n) is 5.39. The van der Waals surface area contributed by atoms with Gasteiger partial charge in [0.15, 0.2) is 5.15 Å². The van der Waals surface area contributed by atoms with Crippen LogP contribution in [0.25, 0.3) is 0 Å². The minimum atomic E-state index is -0.329. The number of pyridine rings is 1. The van der Waals surface area contributed by atoms with Crippen LogP contribution in [-0.2, 0) is 0 Å². The minimum absolute atomic E-state index is 0.124. The van der Waals surface area contributed by atoms with Crippen LogP contribution in [0.2, 0.25) is 5.15 Å². The van der Waals surface area contributed by atoms with Gasteiger partial charge in [-0.15, -0.1) is 0 Å². The zero-order valence-corrected chi connectivity index (χ0v) is 10.4. The molecule has 1 heterocycles. The number of nitrogens with one attached hydrogen (secondary N) is 2. The Bertz CT molecular complexity index is 373. The van der Waals surface area contributed by atoms with E-state index in [1.165, 1.54) is 0 Å². The number of urea groups is 1. The number of anilines is 1. The summed E-state index contributed by atoms with van der Waals surface area (Å²) >= 11 is 5.79. The lowest BCUT2D eigenvalue weighted by molar-refractivity contribution is 0.243. The number of halogens is 1. The van der Waals surface area contributed by atoms with E-state index in [2.05, 4.69) is 15.6 Å². The first kappa shape index (κ1) is 13.7. The number of hydrogen-bond acceptors (Lipinski definition) is 3. The summed E-state index contributed by atoms with van der Waals surface area (Å²) in [6.45, 7) is 2.58. The molecule has 0 saturated carbocycles. The Hall–Kier alpha value is -1.33. The van der Waals surface area contributed by atoms with Gasteiger partial charge in [-0.25, -0.2) is 9.78 Å². The minimum Gasteiger partial charge on any atom is -0.396 e. The maximum absolute atomic E-state index is 11.5. The van der Waals surface area contributed by atoms with Crippen LogP contribution >= 0.6 is 11.6 Å². The van der Waals surface area contributed by atoms with Crippen molar-refractivity contribution in [1.29, 1.82) is 0 Å². The summed E-state index contributed by atoms with van der Waals surface area (Å²) in [6, 6.07) is 3.03. The molecule has 3 N–H and O–H groups in total. The highest BCUT2D eigenvalue weighted by atomic mass is 35.5. The number of amides is 2. The number of aliphatic hydroxyl groups is 1. The standard InChI is InChI=1S/C11H16ClN3O2/c1-8(4-6-16)7-14-11(17)15-9-3-2-5-13-10(9)12/h2-3,5,8,16H,4,6-7H2,1H3,(H2,14,15,17). The number of carbonyl (C=O) groups is 1. The highest BCUT2D eigenvalue weighted by Gasteiger charge is 2.07. The molecule has 0 aromatic carbocycles. The maximum atomic E-state index is 11.5. The molecule has 0 bridgehead atoms. The summed E-state index contributed by atoms with van der Waals surface area (Å²) in [5.41, 5.74) is 0.474. The molecule has 1 aromatic heterocycles. The largest absolute Gasteiger partial charge is 0.396 e. The van der Waals surface area contributed by atoms with Gasteiger partial charge in [-0.05, 0) is 24.5 Å². The van der Waals surface area contributed by atoms with E-state index in [0.29, 0.717) is 18.7 Å². The zero-order valence-electron chi connectivity index (χ0n) is 9.61. The first-order valence-corrected chi connectivity index (χ1v) is 5.77. The molecule has 1 rings (SSSR count). The molecule has 0 saturated heterocycles. The molecule has 0 radical (unpaired) electrons. The van der Waals surface area contributed by atoms with E-state index < -0.39 is 0 Å². The van der Waals surface area contributed by atoms with Crippen LogP contribution in [0.15, 0.2) is 18.3 Å². The van der Waals surface area contributed by atoms with Crippen LogP contribution in [0.4, 0.5) is 10.5 Å². The van der Waals surface area contributed by atoms with Crippen LogP contribution < -0.4 is 10.6 Å². The second kappa shape index (κ2) is 7.09. The Morgan fingerprint density at radius 3 is 3.06 bits per heavy atom. The smallest absolute Gasteiger partial charge is 0.319 e. The number of aliphatic hydroxyl groups excluding tert-OH is 1. The molecule has 0 aliphatic heterocycles. The third-order valence-corrected chi connectivity index (χ3v) is 2.54. The lowest BCUT2D eigenvalue weighted by Crippen LogP contribution is -2.32. The molecule has 94 valence electrons. The van der Waals surface area contributed by atoms with Gasteiger partial charge in [0, 0.05) is 19.3 Å². The van der Waals surface area contributed by atoms with Crippen LogP contribution in [0.1, 0.15) is 13.3 Å². The van der Waals surface area contributed by atoms with Gasteiger partial charge in [0.05, 0.1) is 5.69 Å². The normalized spacial score (nSPS) is 11.9. The monoisotopic (exact) mass is 257 g/mol. The molecule has 0 spiro atoms. The van der Waals surface area contributed by atoms with Crippen LogP contribution in [-0.4, -0.2) is 29.3 Å². The second-order valence-electron chi connectivity index (χ2n) is 3.79.